The van der Waals surface area contributed by atoms with Gasteiger partial charge in [-0.05, 0) is 42.7 Å². The van der Waals surface area contributed by atoms with Gasteiger partial charge >= 0.3 is 0 Å². The van der Waals surface area contributed by atoms with Crippen LogP contribution in [0, 0.1) is 0 Å². The van der Waals surface area contributed by atoms with Crippen molar-refractivity contribution in [1.29, 1.82) is 0 Å². The Kier molecular flexibility index (Phi) is 6.37. The average Bonchev–Trinajstić information content (AvgIpc) is 2.64. The van der Waals surface area contributed by atoms with E-state index in [4.69, 9.17) is 27.9 Å². The van der Waals surface area contributed by atoms with Crippen molar-refractivity contribution in [2.75, 3.05) is 23.7 Å². The molecule has 1 amide bonds. The molecule has 9 heteroatoms. The van der Waals surface area contributed by atoms with E-state index >= 15 is 0 Å². The third kappa shape index (κ3) is 4.90. The fourth-order valence-electron chi connectivity index (χ4n) is 2.98. The number of sulfonamides is 1. The summed E-state index contributed by atoms with van der Waals surface area (Å²) in [5, 5.41) is 3.89. The van der Waals surface area contributed by atoms with Crippen molar-refractivity contribution >= 4 is 44.8 Å². The number of carbonyl (C=O) groups excluding carboxylic acids is 1. The smallest absolute Gasteiger partial charge is 0.263 e. The lowest BCUT2D eigenvalue weighted by Gasteiger charge is -2.34. The maximum atomic E-state index is 12.5. The van der Waals surface area contributed by atoms with Crippen LogP contribution in [0.3, 0.4) is 0 Å². The summed E-state index contributed by atoms with van der Waals surface area (Å²) in [6.07, 6.45) is 1.57. The highest BCUT2D eigenvalue weighted by molar-refractivity contribution is 7.92. The Morgan fingerprint density at radius 3 is 2.71 bits per heavy atom. The third-order valence-corrected chi connectivity index (χ3v) is 6.11. The Morgan fingerprint density at radius 1 is 1.25 bits per heavy atom. The summed E-state index contributed by atoms with van der Waals surface area (Å²) in [5.41, 5.74) is 1.35. The van der Waals surface area contributed by atoms with Crippen LogP contribution in [0.5, 0.6) is 5.75 Å². The van der Waals surface area contributed by atoms with Gasteiger partial charge in [-0.2, -0.15) is 0 Å². The van der Waals surface area contributed by atoms with Gasteiger partial charge in [0.15, 0.2) is 6.10 Å². The monoisotopic (exact) mass is 442 g/mol. The molecule has 150 valence electrons. The molecule has 1 heterocycles. The molecule has 0 saturated carbocycles. The summed E-state index contributed by atoms with van der Waals surface area (Å²) in [6.45, 7) is 0.318. The fraction of sp³-hybridized carbons (Fsp3) is 0.316. The lowest BCUT2D eigenvalue weighted by atomic mass is 10.1. The van der Waals surface area contributed by atoms with Crippen molar-refractivity contribution in [2.45, 2.75) is 18.9 Å². The van der Waals surface area contributed by atoms with Gasteiger partial charge in [0.25, 0.3) is 5.91 Å². The van der Waals surface area contributed by atoms with Crippen molar-refractivity contribution in [1.82, 2.24) is 5.32 Å². The highest BCUT2D eigenvalue weighted by Gasteiger charge is 2.35. The second-order valence-electron chi connectivity index (χ2n) is 6.50. The molecule has 1 atom stereocenters. The molecule has 0 unspecified atom stereocenters. The number of fused-ring (bicyclic) bond motifs is 1. The van der Waals surface area contributed by atoms with E-state index in [1.165, 1.54) is 6.07 Å². The Balaban J connectivity index is 1.63. The number of benzene rings is 2. The van der Waals surface area contributed by atoms with Gasteiger partial charge < -0.3 is 10.1 Å². The van der Waals surface area contributed by atoms with Crippen LogP contribution in [0.25, 0.3) is 0 Å². The van der Waals surface area contributed by atoms with E-state index < -0.39 is 16.1 Å². The van der Waals surface area contributed by atoms with Crippen molar-refractivity contribution in [2.24, 2.45) is 0 Å². The van der Waals surface area contributed by atoms with Crippen LogP contribution in [0.15, 0.2) is 42.5 Å². The van der Waals surface area contributed by atoms with Crippen molar-refractivity contribution < 1.29 is 17.9 Å². The zero-order valence-corrected chi connectivity index (χ0v) is 17.5. The molecule has 0 aliphatic carbocycles. The molecule has 2 aromatic carbocycles. The second kappa shape index (κ2) is 8.59. The van der Waals surface area contributed by atoms with Crippen LogP contribution in [-0.4, -0.2) is 39.8 Å². The Bertz CT molecular complexity index is 982. The molecule has 0 saturated heterocycles. The van der Waals surface area contributed by atoms with Gasteiger partial charge in [0.05, 0.1) is 18.5 Å². The van der Waals surface area contributed by atoms with E-state index in [1.807, 2.05) is 24.3 Å². The molecule has 0 bridgehead atoms. The molecule has 28 heavy (non-hydrogen) atoms. The number of hydrogen-bond acceptors (Lipinski definition) is 4. The summed E-state index contributed by atoms with van der Waals surface area (Å²) in [6, 6.07) is 12.2. The van der Waals surface area contributed by atoms with E-state index in [1.54, 1.807) is 12.1 Å². The topological polar surface area (TPSA) is 75.7 Å². The van der Waals surface area contributed by atoms with Gasteiger partial charge in [0.1, 0.15) is 5.75 Å². The Hall–Kier alpha value is -1.96. The lowest BCUT2D eigenvalue weighted by molar-refractivity contribution is -0.127. The number of hydrogen-bond donors (Lipinski definition) is 1. The zero-order chi connectivity index (χ0) is 20.3. The summed E-state index contributed by atoms with van der Waals surface area (Å²) in [4.78, 5) is 12.5. The van der Waals surface area contributed by atoms with E-state index in [0.717, 1.165) is 22.5 Å². The molecule has 2 aromatic rings. The van der Waals surface area contributed by atoms with Gasteiger partial charge in [-0.3, -0.25) is 9.10 Å². The van der Waals surface area contributed by atoms with Crippen molar-refractivity contribution in [3.05, 3.63) is 58.1 Å². The molecule has 0 spiro atoms. The normalized spacial score (nSPS) is 16.2. The number of carbonyl (C=O) groups is 1. The number of amides is 1. The lowest BCUT2D eigenvalue weighted by Crippen LogP contribution is -2.50. The predicted molar refractivity (Wildman–Crippen MR) is 111 cm³/mol. The molecule has 0 radical (unpaired) electrons. The van der Waals surface area contributed by atoms with Gasteiger partial charge in [0.2, 0.25) is 10.0 Å². The molecule has 3 rings (SSSR count). The van der Waals surface area contributed by atoms with Crippen LogP contribution in [0.2, 0.25) is 10.0 Å². The highest BCUT2D eigenvalue weighted by Crippen LogP contribution is 2.37. The first-order valence-corrected chi connectivity index (χ1v) is 11.3. The third-order valence-electron chi connectivity index (χ3n) is 4.36. The number of nitrogens with one attached hydrogen (secondary N) is 1. The van der Waals surface area contributed by atoms with Crippen LogP contribution < -0.4 is 14.4 Å². The van der Waals surface area contributed by atoms with E-state index in [9.17, 15) is 13.2 Å². The standard InChI is InChI=1S/C19H20Cl2N2O4S/c1-28(25,26)23-12-18(27-17-9-8-14(20)11-16(17)23)19(24)22-10-4-6-13-5-2-3-7-15(13)21/h2-3,5,7-9,11,18H,4,6,10,12H2,1H3,(H,22,24)/t18-/m1/s1. The number of rotatable bonds is 6. The SMILES string of the molecule is CS(=O)(=O)N1C[C@H](C(=O)NCCCc2ccccc2Cl)Oc2ccc(Cl)cc21. The van der Waals surface area contributed by atoms with E-state index in [2.05, 4.69) is 5.32 Å². The average molecular weight is 443 g/mol. The second-order valence-corrected chi connectivity index (χ2v) is 9.25. The van der Waals surface area contributed by atoms with Crippen LogP contribution >= 0.6 is 23.2 Å². The van der Waals surface area contributed by atoms with E-state index in [0.29, 0.717) is 34.4 Å². The van der Waals surface area contributed by atoms with Gasteiger partial charge in [-0.25, -0.2) is 8.42 Å². The quantitative estimate of drug-likeness (QED) is 0.696. The Morgan fingerprint density at radius 2 is 2.00 bits per heavy atom. The van der Waals surface area contributed by atoms with Gasteiger partial charge in [-0.1, -0.05) is 41.4 Å². The first kappa shape index (κ1) is 20.8. The number of halogens is 2. The first-order chi connectivity index (χ1) is 13.3. The minimum absolute atomic E-state index is 0.109. The molecule has 0 fully saturated rings. The van der Waals surface area contributed by atoms with Crippen LogP contribution in [0.4, 0.5) is 5.69 Å². The largest absolute Gasteiger partial charge is 0.476 e. The summed E-state index contributed by atoms with van der Waals surface area (Å²) in [7, 11) is -3.59. The summed E-state index contributed by atoms with van der Waals surface area (Å²) < 4.78 is 31.2. The molecule has 1 aliphatic heterocycles. The minimum atomic E-state index is -3.59. The maximum absolute atomic E-state index is 12.5. The molecule has 6 nitrogen and oxygen atoms in total. The van der Waals surface area contributed by atoms with Gasteiger partial charge in [0, 0.05) is 16.6 Å². The minimum Gasteiger partial charge on any atom is -0.476 e. The molecular weight excluding hydrogens is 423 g/mol. The van der Waals surface area contributed by atoms with E-state index in [-0.39, 0.29) is 12.5 Å². The predicted octanol–water partition coefficient (Wildman–Crippen LogP) is 3.27. The Labute approximate surface area is 174 Å². The zero-order valence-electron chi connectivity index (χ0n) is 15.2. The highest BCUT2D eigenvalue weighted by atomic mass is 35.5. The summed E-state index contributed by atoms with van der Waals surface area (Å²) >= 11 is 12.1. The maximum Gasteiger partial charge on any atom is 0.263 e. The number of nitrogens with zero attached hydrogens (tertiary/aromatic N) is 1. The summed E-state index contributed by atoms with van der Waals surface area (Å²) in [5.74, 6) is -0.0642. The van der Waals surface area contributed by atoms with Crippen molar-refractivity contribution in [3.63, 3.8) is 0 Å². The molecule has 0 aromatic heterocycles. The number of aryl methyl sites for hydroxylation is 1. The first-order valence-electron chi connectivity index (χ1n) is 8.71. The molecular formula is C19H20Cl2N2O4S. The fourth-order valence-corrected chi connectivity index (χ4v) is 4.28. The van der Waals surface area contributed by atoms with Crippen LogP contribution in [-0.2, 0) is 21.2 Å². The molecule has 1 aliphatic rings. The number of anilines is 1. The number of ether oxygens (including phenoxy) is 1. The molecule has 1 N–H and O–H groups in total. The van der Waals surface area contributed by atoms with Crippen LogP contribution in [0.1, 0.15) is 12.0 Å². The van der Waals surface area contributed by atoms with Gasteiger partial charge in [-0.15, -0.1) is 0 Å². The van der Waals surface area contributed by atoms with Crippen molar-refractivity contribution in [3.8, 4) is 5.75 Å².